The summed E-state index contributed by atoms with van der Waals surface area (Å²) in [4.78, 5) is 17.7. The van der Waals surface area contributed by atoms with Crippen LogP contribution in [0.3, 0.4) is 0 Å². The van der Waals surface area contributed by atoms with E-state index in [1.807, 2.05) is 11.9 Å². The summed E-state index contributed by atoms with van der Waals surface area (Å²) in [6.07, 6.45) is 0. The molecule has 1 aliphatic heterocycles. The molecule has 6 nitrogen and oxygen atoms in total. The molecule has 0 amide bonds. The molecule has 0 radical (unpaired) electrons. The van der Waals surface area contributed by atoms with E-state index in [0.717, 1.165) is 24.3 Å². The van der Waals surface area contributed by atoms with Crippen molar-refractivity contribution in [3.63, 3.8) is 0 Å². The number of likely N-dealkylation sites (N-methyl/N-ethyl adjacent to an activating group) is 1. The quantitative estimate of drug-likeness (QED) is 0.653. The van der Waals surface area contributed by atoms with Crippen molar-refractivity contribution in [2.45, 2.75) is 13.2 Å². The number of benzene rings is 2. The van der Waals surface area contributed by atoms with E-state index in [-0.39, 0.29) is 23.8 Å². The van der Waals surface area contributed by atoms with Gasteiger partial charge in [-0.3, -0.25) is 4.57 Å². The fourth-order valence-electron chi connectivity index (χ4n) is 3.01. The summed E-state index contributed by atoms with van der Waals surface area (Å²) >= 11 is 0. The average molecular weight is 403 g/mol. The molecule has 1 aliphatic rings. The molecule has 0 fully saturated rings. The number of hydrogen-bond donors (Lipinski definition) is 0. The molecule has 1 aromatic heterocycles. The van der Waals surface area contributed by atoms with Crippen LogP contribution in [0.4, 0.5) is 19.0 Å². The Bertz CT molecular complexity index is 1090. The van der Waals surface area contributed by atoms with Crippen LogP contribution in [0.5, 0.6) is 17.4 Å². The van der Waals surface area contributed by atoms with Gasteiger partial charge in [-0.05, 0) is 42.0 Å². The maximum absolute atomic E-state index is 14.3. The first kappa shape index (κ1) is 18.9. The number of fused-ring (bicyclic) bond motifs is 1. The Labute approximate surface area is 163 Å². The topological polar surface area (TPSA) is 56.6 Å². The Morgan fingerprint density at radius 1 is 1.03 bits per heavy atom. The van der Waals surface area contributed by atoms with E-state index >= 15 is 0 Å². The van der Waals surface area contributed by atoms with Crippen molar-refractivity contribution in [3.8, 4) is 17.4 Å². The molecule has 150 valence electrons. The van der Waals surface area contributed by atoms with Crippen LogP contribution < -0.4 is 20.1 Å². The zero-order valence-corrected chi connectivity index (χ0v) is 15.4. The Kier molecular flexibility index (Phi) is 4.87. The summed E-state index contributed by atoms with van der Waals surface area (Å²) < 4.78 is 53.7. The number of ether oxygens (including phenoxy) is 2. The van der Waals surface area contributed by atoms with Crippen LogP contribution in [-0.4, -0.2) is 23.1 Å². The maximum atomic E-state index is 14.3. The van der Waals surface area contributed by atoms with Crippen molar-refractivity contribution < 1.29 is 22.6 Å². The van der Waals surface area contributed by atoms with Crippen LogP contribution in [0, 0.1) is 17.5 Å². The molecule has 0 saturated carbocycles. The molecule has 0 spiro atoms. The Hall–Kier alpha value is -3.49. The normalized spacial score (nSPS) is 12.8. The molecule has 0 bridgehead atoms. The van der Waals surface area contributed by atoms with Gasteiger partial charge < -0.3 is 14.4 Å². The van der Waals surface area contributed by atoms with Gasteiger partial charge in [-0.1, -0.05) is 0 Å². The van der Waals surface area contributed by atoms with Crippen LogP contribution in [-0.2, 0) is 13.2 Å². The van der Waals surface area contributed by atoms with Gasteiger partial charge in [0.25, 0.3) is 0 Å². The molecule has 29 heavy (non-hydrogen) atoms. The average Bonchev–Trinajstić information content (AvgIpc) is 3.06. The highest BCUT2D eigenvalue weighted by Gasteiger charge is 2.19. The smallest absolute Gasteiger partial charge is 0.352 e. The fourth-order valence-corrected chi connectivity index (χ4v) is 3.01. The highest BCUT2D eigenvalue weighted by Crippen LogP contribution is 2.29. The van der Waals surface area contributed by atoms with Crippen LogP contribution in [0.2, 0.25) is 0 Å². The number of rotatable bonds is 5. The van der Waals surface area contributed by atoms with E-state index in [4.69, 9.17) is 9.47 Å². The lowest BCUT2D eigenvalue weighted by molar-refractivity contribution is 0.289. The number of halogens is 3. The number of hydrogen-bond acceptors (Lipinski definition) is 5. The van der Waals surface area contributed by atoms with Crippen molar-refractivity contribution in [1.29, 1.82) is 0 Å². The molecular weight excluding hydrogens is 387 g/mol. The molecule has 0 atom stereocenters. The molecule has 0 N–H and O–H groups in total. The lowest BCUT2D eigenvalue weighted by Crippen LogP contribution is -2.22. The van der Waals surface area contributed by atoms with E-state index < -0.39 is 28.9 Å². The van der Waals surface area contributed by atoms with Gasteiger partial charge in [-0.25, -0.2) is 18.0 Å². The van der Waals surface area contributed by atoms with Gasteiger partial charge in [0.1, 0.15) is 24.0 Å². The molecule has 0 unspecified atom stereocenters. The minimum absolute atomic E-state index is 0.0717. The molecule has 4 rings (SSSR count). The largest absolute Gasteiger partial charge is 0.473 e. The van der Waals surface area contributed by atoms with Crippen LogP contribution in [0.1, 0.15) is 5.56 Å². The summed E-state index contributed by atoms with van der Waals surface area (Å²) in [6.45, 7) is 1.04. The Balaban J connectivity index is 1.50. The lowest BCUT2D eigenvalue weighted by Gasteiger charge is -2.13. The molecule has 0 saturated heterocycles. The third kappa shape index (κ3) is 3.89. The number of nitrogens with zero attached hydrogens (tertiary/aromatic N) is 3. The van der Waals surface area contributed by atoms with Crippen molar-refractivity contribution in [2.75, 3.05) is 18.5 Å². The molecule has 9 heteroatoms. The van der Waals surface area contributed by atoms with Gasteiger partial charge in [0.15, 0.2) is 17.4 Å². The summed E-state index contributed by atoms with van der Waals surface area (Å²) in [7, 11) is 1.84. The SMILES string of the molecule is CN1CCn2c1cc(OCc1cc(F)c(Oc3ccc(F)cc3)c(F)c1)nc2=O. The van der Waals surface area contributed by atoms with Gasteiger partial charge in [-0.15, -0.1) is 0 Å². The molecule has 0 aliphatic carbocycles. The van der Waals surface area contributed by atoms with Gasteiger partial charge in [-0.2, -0.15) is 4.98 Å². The zero-order valence-electron chi connectivity index (χ0n) is 15.4. The monoisotopic (exact) mass is 403 g/mol. The van der Waals surface area contributed by atoms with Gasteiger partial charge in [0, 0.05) is 26.2 Å². The fraction of sp³-hybridized carbons (Fsp3) is 0.200. The highest BCUT2D eigenvalue weighted by atomic mass is 19.1. The Morgan fingerprint density at radius 3 is 2.41 bits per heavy atom. The van der Waals surface area contributed by atoms with E-state index in [2.05, 4.69) is 4.98 Å². The molecule has 2 heterocycles. The highest BCUT2D eigenvalue weighted by molar-refractivity contribution is 5.44. The first-order valence-corrected chi connectivity index (χ1v) is 8.78. The zero-order chi connectivity index (χ0) is 20.5. The predicted octanol–water partition coefficient (Wildman–Crippen LogP) is 3.48. The van der Waals surface area contributed by atoms with Crippen molar-refractivity contribution in [3.05, 3.63) is 76.0 Å². The van der Waals surface area contributed by atoms with Crippen molar-refractivity contribution in [2.24, 2.45) is 0 Å². The van der Waals surface area contributed by atoms with Crippen molar-refractivity contribution in [1.82, 2.24) is 9.55 Å². The second-order valence-corrected chi connectivity index (χ2v) is 6.54. The third-order valence-electron chi connectivity index (χ3n) is 4.49. The second kappa shape index (κ2) is 7.50. The molecule has 3 aromatic rings. The minimum atomic E-state index is -0.936. The molecular formula is C20H16F3N3O3. The van der Waals surface area contributed by atoms with Crippen LogP contribution >= 0.6 is 0 Å². The second-order valence-electron chi connectivity index (χ2n) is 6.54. The number of anilines is 1. The third-order valence-corrected chi connectivity index (χ3v) is 4.49. The summed E-state index contributed by atoms with van der Waals surface area (Å²) in [5, 5.41) is 0. The van der Waals surface area contributed by atoms with E-state index in [1.165, 1.54) is 16.7 Å². The summed E-state index contributed by atoms with van der Waals surface area (Å²) in [6, 6.07) is 8.50. The lowest BCUT2D eigenvalue weighted by atomic mass is 10.2. The van der Waals surface area contributed by atoms with Gasteiger partial charge in [0.05, 0.1) is 0 Å². The number of aromatic nitrogens is 2. The molecule has 2 aromatic carbocycles. The van der Waals surface area contributed by atoms with Gasteiger partial charge >= 0.3 is 5.69 Å². The first-order valence-electron chi connectivity index (χ1n) is 8.78. The predicted molar refractivity (Wildman–Crippen MR) is 98.9 cm³/mol. The van der Waals surface area contributed by atoms with Crippen molar-refractivity contribution >= 4 is 5.82 Å². The van der Waals surface area contributed by atoms with Crippen LogP contribution in [0.15, 0.2) is 47.3 Å². The van der Waals surface area contributed by atoms with Crippen LogP contribution in [0.25, 0.3) is 0 Å². The Morgan fingerprint density at radius 2 is 1.72 bits per heavy atom. The minimum Gasteiger partial charge on any atom is -0.473 e. The first-order chi connectivity index (χ1) is 13.9. The van der Waals surface area contributed by atoms with E-state index in [9.17, 15) is 18.0 Å². The maximum Gasteiger partial charge on any atom is 0.352 e. The summed E-state index contributed by atoms with van der Waals surface area (Å²) in [5.41, 5.74) is -0.246. The summed E-state index contributed by atoms with van der Waals surface area (Å²) in [5.74, 6) is -2.13. The van der Waals surface area contributed by atoms with Gasteiger partial charge in [0.2, 0.25) is 5.88 Å². The van der Waals surface area contributed by atoms with E-state index in [1.54, 1.807) is 6.07 Å². The standard InChI is InChI=1S/C20H16F3N3O3/c1-25-6-7-26-18(25)10-17(24-20(26)27)28-11-12-8-15(22)19(16(23)9-12)29-14-4-2-13(21)3-5-14/h2-5,8-10H,6-7,11H2,1H3. The van der Waals surface area contributed by atoms with E-state index in [0.29, 0.717) is 18.9 Å².